The maximum Gasteiger partial charge on any atom is 0.0351 e. The van der Waals surface area contributed by atoms with Crippen molar-refractivity contribution in [3.8, 4) is 0 Å². The minimum atomic E-state index is 0.582. The van der Waals surface area contributed by atoms with Crippen molar-refractivity contribution in [3.63, 3.8) is 0 Å². The van der Waals surface area contributed by atoms with Crippen LogP contribution in [-0.2, 0) is 0 Å². The van der Waals surface area contributed by atoms with Crippen molar-refractivity contribution < 1.29 is 0 Å². The van der Waals surface area contributed by atoms with Crippen LogP contribution in [0, 0.1) is 5.92 Å². The predicted octanol–water partition coefficient (Wildman–Crippen LogP) is 3.80. The van der Waals surface area contributed by atoms with E-state index in [0.29, 0.717) is 12.0 Å². The van der Waals surface area contributed by atoms with E-state index in [-0.39, 0.29) is 0 Å². The van der Waals surface area contributed by atoms with Gasteiger partial charge in [-0.1, -0.05) is 52.0 Å². The normalized spacial score (nSPS) is 18.7. The lowest BCUT2D eigenvalue weighted by atomic mass is 9.93. The van der Waals surface area contributed by atoms with Crippen molar-refractivity contribution in [1.82, 2.24) is 10.2 Å². The van der Waals surface area contributed by atoms with Crippen LogP contribution in [0.2, 0.25) is 0 Å². The first kappa shape index (κ1) is 15.5. The Morgan fingerprint density at radius 2 is 1.50 bits per heavy atom. The lowest BCUT2D eigenvalue weighted by molar-refractivity contribution is 0.154. The lowest BCUT2D eigenvalue weighted by Gasteiger charge is -2.36. The van der Waals surface area contributed by atoms with E-state index in [1.807, 2.05) is 0 Å². The lowest BCUT2D eigenvalue weighted by Crippen LogP contribution is -2.45. The highest BCUT2D eigenvalue weighted by Gasteiger charge is 2.22. The fourth-order valence-corrected chi connectivity index (χ4v) is 3.04. The van der Waals surface area contributed by atoms with Crippen LogP contribution in [0.3, 0.4) is 0 Å². The average molecular weight is 274 g/mol. The van der Waals surface area contributed by atoms with Gasteiger partial charge in [-0.2, -0.15) is 0 Å². The van der Waals surface area contributed by atoms with Crippen molar-refractivity contribution in [3.05, 3.63) is 35.4 Å². The van der Waals surface area contributed by atoms with Gasteiger partial charge in [0.1, 0.15) is 0 Å². The highest BCUT2D eigenvalue weighted by molar-refractivity contribution is 5.27. The van der Waals surface area contributed by atoms with Gasteiger partial charge in [0.25, 0.3) is 0 Å². The molecule has 2 heteroatoms. The summed E-state index contributed by atoms with van der Waals surface area (Å²) in [6.07, 6.45) is 1.25. The van der Waals surface area contributed by atoms with Gasteiger partial charge in [-0.3, -0.25) is 4.90 Å². The van der Waals surface area contributed by atoms with Gasteiger partial charge in [-0.05, 0) is 29.4 Å². The van der Waals surface area contributed by atoms with Crippen molar-refractivity contribution in [2.75, 3.05) is 26.2 Å². The molecule has 1 N–H and O–H groups in total. The van der Waals surface area contributed by atoms with E-state index in [9.17, 15) is 0 Å². The Kier molecular flexibility index (Phi) is 5.62. The Bertz CT molecular complexity index is 388. The number of rotatable bonds is 5. The van der Waals surface area contributed by atoms with E-state index in [1.165, 1.54) is 30.6 Å². The number of hydrogen-bond acceptors (Lipinski definition) is 2. The zero-order valence-electron chi connectivity index (χ0n) is 13.5. The van der Waals surface area contributed by atoms with E-state index in [0.717, 1.165) is 19.0 Å². The van der Waals surface area contributed by atoms with Gasteiger partial charge in [0.2, 0.25) is 0 Å². The first-order valence-corrected chi connectivity index (χ1v) is 8.12. The van der Waals surface area contributed by atoms with Crippen molar-refractivity contribution in [1.29, 1.82) is 0 Å². The monoisotopic (exact) mass is 274 g/mol. The molecular weight excluding hydrogens is 244 g/mol. The van der Waals surface area contributed by atoms with Crippen molar-refractivity contribution >= 4 is 0 Å². The van der Waals surface area contributed by atoms with E-state index >= 15 is 0 Å². The Hall–Kier alpha value is -0.860. The summed E-state index contributed by atoms with van der Waals surface area (Å²) in [5.74, 6) is 1.35. The molecular formula is C18H30N2. The smallest absolute Gasteiger partial charge is 0.0351 e. The standard InChI is InChI=1S/C18H30N2/c1-14(2)13-18(20-11-9-19-10-12-20)17-7-5-16(6-8-17)15(3)4/h5-8,14-15,18-19H,9-13H2,1-4H3/t18-/m0/s1. The van der Waals surface area contributed by atoms with Crippen LogP contribution in [0.4, 0.5) is 0 Å². The van der Waals surface area contributed by atoms with Crippen LogP contribution in [0.5, 0.6) is 0 Å². The Balaban J connectivity index is 2.16. The molecule has 1 saturated heterocycles. The topological polar surface area (TPSA) is 15.3 Å². The molecule has 1 atom stereocenters. The van der Waals surface area contributed by atoms with E-state index in [2.05, 4.69) is 62.2 Å². The summed E-state index contributed by atoms with van der Waals surface area (Å²) < 4.78 is 0. The molecule has 0 saturated carbocycles. The van der Waals surface area contributed by atoms with Gasteiger partial charge >= 0.3 is 0 Å². The zero-order valence-corrected chi connectivity index (χ0v) is 13.5. The Morgan fingerprint density at radius 1 is 0.950 bits per heavy atom. The van der Waals surface area contributed by atoms with Gasteiger partial charge < -0.3 is 5.32 Å². The van der Waals surface area contributed by atoms with Crippen LogP contribution >= 0.6 is 0 Å². The van der Waals surface area contributed by atoms with Crippen LogP contribution in [0.1, 0.15) is 57.2 Å². The molecule has 1 aromatic rings. The van der Waals surface area contributed by atoms with Crippen molar-refractivity contribution in [2.24, 2.45) is 5.92 Å². The summed E-state index contributed by atoms with van der Waals surface area (Å²) in [7, 11) is 0. The van der Waals surface area contributed by atoms with E-state index < -0.39 is 0 Å². The molecule has 1 heterocycles. The number of nitrogens with one attached hydrogen (secondary N) is 1. The molecule has 0 aromatic heterocycles. The largest absolute Gasteiger partial charge is 0.314 e. The summed E-state index contributed by atoms with van der Waals surface area (Å²) >= 11 is 0. The van der Waals surface area contributed by atoms with Gasteiger partial charge in [0.15, 0.2) is 0 Å². The maximum absolute atomic E-state index is 3.46. The van der Waals surface area contributed by atoms with Gasteiger partial charge in [-0.15, -0.1) is 0 Å². The maximum atomic E-state index is 3.46. The molecule has 1 aliphatic rings. The summed E-state index contributed by atoms with van der Waals surface area (Å²) in [5, 5.41) is 3.46. The second kappa shape index (κ2) is 7.24. The quantitative estimate of drug-likeness (QED) is 0.878. The summed E-state index contributed by atoms with van der Waals surface area (Å²) in [6, 6.07) is 9.91. The highest BCUT2D eigenvalue weighted by Crippen LogP contribution is 2.29. The molecule has 2 rings (SSSR count). The third-order valence-electron chi connectivity index (χ3n) is 4.27. The van der Waals surface area contributed by atoms with Crippen LogP contribution in [0.25, 0.3) is 0 Å². The SMILES string of the molecule is CC(C)C[C@@H](c1ccc(C(C)C)cc1)N1CCNCC1. The van der Waals surface area contributed by atoms with Gasteiger partial charge in [0.05, 0.1) is 0 Å². The Morgan fingerprint density at radius 3 is 2.00 bits per heavy atom. The fraction of sp³-hybridized carbons (Fsp3) is 0.667. The second-order valence-electron chi connectivity index (χ2n) is 6.75. The summed E-state index contributed by atoms with van der Waals surface area (Å²) in [4.78, 5) is 2.65. The fourth-order valence-electron chi connectivity index (χ4n) is 3.04. The number of benzene rings is 1. The average Bonchev–Trinajstić information content (AvgIpc) is 2.45. The van der Waals surface area contributed by atoms with E-state index in [1.54, 1.807) is 0 Å². The third-order valence-corrected chi connectivity index (χ3v) is 4.27. The second-order valence-corrected chi connectivity index (χ2v) is 6.75. The molecule has 20 heavy (non-hydrogen) atoms. The van der Waals surface area contributed by atoms with Crippen molar-refractivity contribution in [2.45, 2.75) is 46.1 Å². The molecule has 0 amide bonds. The first-order chi connectivity index (χ1) is 9.58. The van der Waals surface area contributed by atoms with E-state index in [4.69, 9.17) is 0 Å². The molecule has 0 spiro atoms. The molecule has 0 radical (unpaired) electrons. The molecule has 1 aromatic carbocycles. The van der Waals surface area contributed by atoms with Gasteiger partial charge in [-0.25, -0.2) is 0 Å². The molecule has 0 unspecified atom stereocenters. The van der Waals surface area contributed by atoms with Crippen LogP contribution in [-0.4, -0.2) is 31.1 Å². The van der Waals surface area contributed by atoms with Crippen LogP contribution in [0.15, 0.2) is 24.3 Å². The minimum Gasteiger partial charge on any atom is -0.314 e. The number of nitrogens with zero attached hydrogens (tertiary/aromatic N) is 1. The third kappa shape index (κ3) is 4.07. The number of hydrogen-bond donors (Lipinski definition) is 1. The minimum absolute atomic E-state index is 0.582. The molecule has 1 aliphatic heterocycles. The summed E-state index contributed by atoms with van der Waals surface area (Å²) in [6.45, 7) is 13.8. The molecule has 112 valence electrons. The first-order valence-electron chi connectivity index (χ1n) is 8.12. The molecule has 0 bridgehead atoms. The molecule has 0 aliphatic carbocycles. The predicted molar refractivity (Wildman–Crippen MR) is 87.2 cm³/mol. The molecule has 2 nitrogen and oxygen atoms in total. The van der Waals surface area contributed by atoms with Crippen LogP contribution < -0.4 is 5.32 Å². The molecule has 1 fully saturated rings. The highest BCUT2D eigenvalue weighted by atomic mass is 15.2. The van der Waals surface area contributed by atoms with Gasteiger partial charge in [0, 0.05) is 32.2 Å². The zero-order chi connectivity index (χ0) is 14.5. The Labute approximate surface area is 124 Å². The summed E-state index contributed by atoms with van der Waals surface area (Å²) in [5.41, 5.74) is 2.93. The number of piperazine rings is 1.